The molecule has 4 nitrogen and oxygen atoms in total. The number of hydrogen-bond acceptors (Lipinski definition) is 4. The van der Waals surface area contributed by atoms with E-state index in [1.807, 2.05) is 31.2 Å². The van der Waals surface area contributed by atoms with Crippen molar-refractivity contribution in [1.82, 2.24) is 0 Å². The monoisotopic (exact) mass is 322 g/mol. The molecule has 0 aliphatic rings. The normalized spacial score (nSPS) is 12.1. The smallest absolute Gasteiger partial charge is 0.274 e. The quantitative estimate of drug-likeness (QED) is 0.497. The Bertz CT molecular complexity index is 645. The molecule has 6 heteroatoms. The summed E-state index contributed by atoms with van der Waals surface area (Å²) in [5, 5.41) is 11.4. The third-order valence-electron chi connectivity index (χ3n) is 3.04. The fourth-order valence-electron chi connectivity index (χ4n) is 1.86. The Labute approximate surface area is 132 Å². The van der Waals surface area contributed by atoms with Gasteiger partial charge in [-0.1, -0.05) is 23.7 Å². The van der Waals surface area contributed by atoms with Crippen LogP contribution >= 0.6 is 23.4 Å². The number of benzene rings is 2. The molecule has 0 aliphatic carbocycles. The van der Waals surface area contributed by atoms with Gasteiger partial charge in [0.1, 0.15) is 0 Å². The zero-order valence-corrected chi connectivity index (χ0v) is 13.0. The zero-order valence-electron chi connectivity index (χ0n) is 11.5. The first kappa shape index (κ1) is 15.8. The van der Waals surface area contributed by atoms with E-state index in [2.05, 4.69) is 0 Å². The Morgan fingerprint density at radius 1 is 1.29 bits per heavy atom. The van der Waals surface area contributed by atoms with Crippen molar-refractivity contribution in [3.05, 3.63) is 68.7 Å². The average Bonchev–Trinajstić information content (AvgIpc) is 2.46. The van der Waals surface area contributed by atoms with Crippen molar-refractivity contribution in [3.63, 3.8) is 0 Å². The van der Waals surface area contributed by atoms with Crippen LogP contribution in [0.5, 0.6) is 0 Å². The maximum Gasteiger partial charge on any atom is 0.274 e. The molecule has 1 atom stereocenters. The van der Waals surface area contributed by atoms with Crippen molar-refractivity contribution >= 4 is 29.1 Å². The highest BCUT2D eigenvalue weighted by atomic mass is 35.5. The fourth-order valence-corrected chi connectivity index (χ4v) is 2.92. The summed E-state index contributed by atoms with van der Waals surface area (Å²) in [6, 6.07) is 12.7. The molecule has 0 bridgehead atoms. The maximum atomic E-state index is 11.0. The summed E-state index contributed by atoms with van der Waals surface area (Å²) in [5.41, 5.74) is 7.58. The summed E-state index contributed by atoms with van der Waals surface area (Å²) in [4.78, 5) is 11.7. The Kier molecular flexibility index (Phi) is 5.22. The lowest BCUT2D eigenvalue weighted by atomic mass is 10.1. The van der Waals surface area contributed by atoms with Crippen molar-refractivity contribution in [1.29, 1.82) is 0 Å². The van der Waals surface area contributed by atoms with E-state index < -0.39 is 4.92 Å². The number of nitro groups is 1. The molecule has 110 valence electrons. The molecule has 1 unspecified atom stereocenters. The van der Waals surface area contributed by atoms with Gasteiger partial charge in [0.25, 0.3) is 5.69 Å². The highest BCUT2D eigenvalue weighted by Gasteiger charge is 2.14. The fraction of sp³-hybridized carbons (Fsp3) is 0.200. The Morgan fingerprint density at radius 3 is 2.52 bits per heavy atom. The molecule has 2 N–H and O–H groups in total. The Balaban J connectivity index is 2.11. The van der Waals surface area contributed by atoms with Gasteiger partial charge in [0.15, 0.2) is 0 Å². The minimum absolute atomic E-state index is 0.00130. The predicted molar refractivity (Wildman–Crippen MR) is 86.7 cm³/mol. The van der Waals surface area contributed by atoms with E-state index in [1.54, 1.807) is 23.9 Å². The van der Waals surface area contributed by atoms with Gasteiger partial charge < -0.3 is 5.73 Å². The number of nitrogens with two attached hydrogens (primary N) is 1. The predicted octanol–water partition coefficient (Wildman–Crippen LogP) is 4.56. The molecule has 0 saturated heterocycles. The Morgan fingerprint density at radius 2 is 1.95 bits per heavy atom. The molecular formula is C15H15ClN2O2S. The van der Waals surface area contributed by atoms with Gasteiger partial charge in [-0.3, -0.25) is 10.1 Å². The number of halogens is 1. The van der Waals surface area contributed by atoms with Crippen LogP contribution in [0.1, 0.15) is 24.1 Å². The SMILES string of the molecule is CC(N)c1ccc(SCc2ccc(Cl)cc2[N+](=O)[O-])cc1. The molecule has 2 aromatic rings. The third-order valence-corrected chi connectivity index (χ3v) is 4.34. The van der Waals surface area contributed by atoms with Gasteiger partial charge in [-0.2, -0.15) is 0 Å². The van der Waals surface area contributed by atoms with E-state index in [9.17, 15) is 10.1 Å². The molecule has 0 amide bonds. The zero-order chi connectivity index (χ0) is 15.4. The van der Waals surface area contributed by atoms with Crippen molar-refractivity contribution in [2.45, 2.75) is 23.6 Å². The van der Waals surface area contributed by atoms with Gasteiger partial charge in [0.2, 0.25) is 0 Å². The lowest BCUT2D eigenvalue weighted by molar-refractivity contribution is -0.385. The van der Waals surface area contributed by atoms with E-state index in [0.29, 0.717) is 16.3 Å². The maximum absolute atomic E-state index is 11.0. The molecule has 21 heavy (non-hydrogen) atoms. The first-order chi connectivity index (χ1) is 9.97. The van der Waals surface area contributed by atoms with E-state index in [4.69, 9.17) is 17.3 Å². The van der Waals surface area contributed by atoms with Crippen LogP contribution in [0, 0.1) is 10.1 Å². The van der Waals surface area contributed by atoms with Crippen LogP contribution < -0.4 is 5.73 Å². The van der Waals surface area contributed by atoms with Crippen molar-refractivity contribution in [2.75, 3.05) is 0 Å². The van der Waals surface area contributed by atoms with E-state index in [-0.39, 0.29) is 11.7 Å². The van der Waals surface area contributed by atoms with Gasteiger partial charge in [-0.25, -0.2) is 0 Å². The second-order valence-electron chi connectivity index (χ2n) is 4.68. The highest BCUT2D eigenvalue weighted by molar-refractivity contribution is 7.98. The number of rotatable bonds is 5. The van der Waals surface area contributed by atoms with Crippen LogP contribution in [0.25, 0.3) is 0 Å². The average molecular weight is 323 g/mol. The lowest BCUT2D eigenvalue weighted by Gasteiger charge is -2.07. The Hall–Kier alpha value is -1.56. The first-order valence-electron chi connectivity index (χ1n) is 6.38. The molecule has 0 spiro atoms. The van der Waals surface area contributed by atoms with Crippen LogP contribution in [0.3, 0.4) is 0 Å². The number of thioether (sulfide) groups is 1. The van der Waals surface area contributed by atoms with Gasteiger partial charge in [0, 0.05) is 33.3 Å². The van der Waals surface area contributed by atoms with Crippen LogP contribution in [0.2, 0.25) is 5.02 Å². The van der Waals surface area contributed by atoms with Crippen molar-refractivity contribution in [3.8, 4) is 0 Å². The topological polar surface area (TPSA) is 69.2 Å². The number of hydrogen-bond donors (Lipinski definition) is 1. The first-order valence-corrected chi connectivity index (χ1v) is 7.75. The molecule has 2 aromatic carbocycles. The summed E-state index contributed by atoms with van der Waals surface area (Å²) in [5.74, 6) is 0.519. The standard InChI is InChI=1S/C15H15ClN2O2S/c1-10(17)11-3-6-14(7-4-11)21-9-12-2-5-13(16)8-15(12)18(19)20/h2-8,10H,9,17H2,1H3. The molecule has 0 saturated carbocycles. The van der Waals surface area contributed by atoms with E-state index in [0.717, 1.165) is 10.5 Å². The minimum Gasteiger partial charge on any atom is -0.324 e. The summed E-state index contributed by atoms with van der Waals surface area (Å²) in [6.45, 7) is 1.93. The molecule has 0 radical (unpaired) electrons. The number of nitrogens with zero attached hydrogens (tertiary/aromatic N) is 1. The molecule has 0 heterocycles. The van der Waals surface area contributed by atoms with Gasteiger partial charge in [0.05, 0.1) is 4.92 Å². The van der Waals surface area contributed by atoms with Gasteiger partial charge >= 0.3 is 0 Å². The van der Waals surface area contributed by atoms with Gasteiger partial charge in [-0.05, 0) is 36.8 Å². The number of nitro benzene ring substituents is 1. The molecule has 0 aromatic heterocycles. The second kappa shape index (κ2) is 6.93. The largest absolute Gasteiger partial charge is 0.324 e. The van der Waals surface area contributed by atoms with Crippen LogP contribution in [0.15, 0.2) is 47.4 Å². The molecule has 0 aliphatic heterocycles. The second-order valence-corrected chi connectivity index (χ2v) is 6.16. The molecule has 0 fully saturated rings. The van der Waals surface area contributed by atoms with Crippen LogP contribution in [-0.4, -0.2) is 4.92 Å². The summed E-state index contributed by atoms with van der Waals surface area (Å²) in [7, 11) is 0. The van der Waals surface area contributed by atoms with Crippen LogP contribution in [0.4, 0.5) is 5.69 Å². The van der Waals surface area contributed by atoms with E-state index >= 15 is 0 Å². The minimum atomic E-state index is -0.402. The van der Waals surface area contributed by atoms with E-state index in [1.165, 1.54) is 6.07 Å². The lowest BCUT2D eigenvalue weighted by Crippen LogP contribution is -2.04. The highest BCUT2D eigenvalue weighted by Crippen LogP contribution is 2.30. The molecular weight excluding hydrogens is 308 g/mol. The van der Waals surface area contributed by atoms with Crippen molar-refractivity contribution < 1.29 is 4.92 Å². The van der Waals surface area contributed by atoms with Gasteiger partial charge in [-0.15, -0.1) is 11.8 Å². The molecule has 2 rings (SSSR count). The summed E-state index contributed by atoms with van der Waals surface area (Å²) >= 11 is 7.35. The summed E-state index contributed by atoms with van der Waals surface area (Å²) < 4.78 is 0. The third kappa shape index (κ3) is 4.20. The van der Waals surface area contributed by atoms with Crippen LogP contribution in [-0.2, 0) is 5.75 Å². The van der Waals surface area contributed by atoms with Crippen molar-refractivity contribution in [2.24, 2.45) is 5.73 Å². The summed E-state index contributed by atoms with van der Waals surface area (Å²) in [6.07, 6.45) is 0.